The van der Waals surface area contributed by atoms with E-state index in [4.69, 9.17) is 9.47 Å². The van der Waals surface area contributed by atoms with Gasteiger partial charge in [-0.05, 0) is 36.2 Å². The van der Waals surface area contributed by atoms with E-state index in [-0.39, 0.29) is 18.4 Å². The Morgan fingerprint density at radius 3 is 2.58 bits per heavy atom. The molecule has 3 aliphatic rings. The first-order valence-corrected chi connectivity index (χ1v) is 12.2. The van der Waals surface area contributed by atoms with Gasteiger partial charge in [-0.1, -0.05) is 65.4 Å². The number of esters is 2. The molecule has 3 N–H and O–H groups in total. The fourth-order valence-electron chi connectivity index (χ4n) is 6.27. The summed E-state index contributed by atoms with van der Waals surface area (Å²) in [5.41, 5.74) is -1.96. The third kappa shape index (κ3) is 4.62. The highest BCUT2D eigenvalue weighted by molar-refractivity contribution is 5.87. The predicted molar refractivity (Wildman–Crippen MR) is 119 cm³/mol. The van der Waals surface area contributed by atoms with Crippen molar-refractivity contribution >= 4 is 18.2 Å². The lowest BCUT2D eigenvalue weighted by atomic mass is 9.46. The van der Waals surface area contributed by atoms with Gasteiger partial charge in [-0.25, -0.2) is 4.79 Å². The first-order valence-electron chi connectivity index (χ1n) is 12.2. The van der Waals surface area contributed by atoms with Gasteiger partial charge in [0.1, 0.15) is 23.9 Å². The maximum atomic E-state index is 13.1. The fourth-order valence-corrected chi connectivity index (χ4v) is 6.27. The Morgan fingerprint density at radius 2 is 1.91 bits per heavy atom. The third-order valence-electron chi connectivity index (χ3n) is 7.93. The Labute approximate surface area is 195 Å². The minimum atomic E-state index is -1.60. The monoisotopic (exact) mass is 466 g/mol. The highest BCUT2D eigenvalue weighted by atomic mass is 16.6. The van der Waals surface area contributed by atoms with Crippen LogP contribution < -0.4 is 0 Å². The van der Waals surface area contributed by atoms with Crippen LogP contribution >= 0.6 is 0 Å². The van der Waals surface area contributed by atoms with Gasteiger partial charge in [0.05, 0.1) is 5.92 Å². The van der Waals surface area contributed by atoms with Gasteiger partial charge in [0, 0.05) is 0 Å². The van der Waals surface area contributed by atoms with Crippen LogP contribution in [0.15, 0.2) is 11.6 Å². The van der Waals surface area contributed by atoms with Gasteiger partial charge in [0.15, 0.2) is 6.10 Å². The van der Waals surface area contributed by atoms with Gasteiger partial charge in [-0.2, -0.15) is 0 Å². The molecule has 1 heterocycles. The van der Waals surface area contributed by atoms with E-state index < -0.39 is 59.2 Å². The van der Waals surface area contributed by atoms with E-state index in [1.165, 1.54) is 6.42 Å². The molecule has 0 radical (unpaired) electrons. The van der Waals surface area contributed by atoms with Crippen LogP contribution in [0.4, 0.5) is 0 Å². The molecule has 1 aliphatic heterocycles. The van der Waals surface area contributed by atoms with Crippen molar-refractivity contribution in [3.63, 3.8) is 0 Å². The smallest absolute Gasteiger partial charge is 0.335 e. The molecule has 8 heteroatoms. The van der Waals surface area contributed by atoms with Crippen LogP contribution in [-0.4, -0.2) is 58.1 Å². The van der Waals surface area contributed by atoms with E-state index in [0.717, 1.165) is 25.7 Å². The van der Waals surface area contributed by atoms with Gasteiger partial charge in [0.2, 0.25) is 6.29 Å². The highest BCUT2D eigenvalue weighted by Crippen LogP contribution is 2.63. The van der Waals surface area contributed by atoms with Crippen molar-refractivity contribution in [1.29, 1.82) is 0 Å². The van der Waals surface area contributed by atoms with Crippen molar-refractivity contribution in [2.24, 2.45) is 22.7 Å². The van der Waals surface area contributed by atoms with Gasteiger partial charge in [-0.3, -0.25) is 9.59 Å². The van der Waals surface area contributed by atoms with Crippen LogP contribution in [0.2, 0.25) is 0 Å². The maximum Gasteiger partial charge on any atom is 0.335 e. The second-order valence-electron chi connectivity index (χ2n) is 10.5. The number of carbonyl (C=O) groups excluding carboxylic acids is 3. The summed E-state index contributed by atoms with van der Waals surface area (Å²) in [7, 11) is 0. The van der Waals surface area contributed by atoms with Gasteiger partial charge in [0.25, 0.3) is 0 Å². The molecule has 0 aromatic rings. The quantitative estimate of drug-likeness (QED) is 0.254. The SMILES string of the molecule is CCCCCCCC[C@@H](O)C(=O)O[C@H]1CC(C)(C)[C@H]2CC=C(C=O)[C@@H]3[C@@H](O)OC(=O)[C@@]32[C@H]1O. The summed E-state index contributed by atoms with van der Waals surface area (Å²) in [6, 6.07) is 0. The number of aliphatic hydroxyl groups excluding tert-OH is 3. The molecule has 0 bridgehead atoms. The molecule has 1 saturated heterocycles. The number of hydrogen-bond donors (Lipinski definition) is 3. The summed E-state index contributed by atoms with van der Waals surface area (Å²) in [6.07, 6.45) is 3.86. The minimum absolute atomic E-state index is 0.203. The summed E-state index contributed by atoms with van der Waals surface area (Å²) >= 11 is 0. The zero-order valence-corrected chi connectivity index (χ0v) is 19.9. The second kappa shape index (κ2) is 10.2. The highest BCUT2D eigenvalue weighted by Gasteiger charge is 2.73. The molecule has 186 valence electrons. The average molecular weight is 467 g/mol. The van der Waals surface area contributed by atoms with Crippen LogP contribution in [-0.2, 0) is 23.9 Å². The van der Waals surface area contributed by atoms with E-state index in [1.807, 2.05) is 13.8 Å². The zero-order valence-electron chi connectivity index (χ0n) is 19.9. The Balaban J connectivity index is 1.75. The Hall–Kier alpha value is -1.77. The van der Waals surface area contributed by atoms with Crippen molar-refractivity contribution in [3.8, 4) is 0 Å². The summed E-state index contributed by atoms with van der Waals surface area (Å²) in [6.45, 7) is 5.96. The van der Waals surface area contributed by atoms with E-state index in [9.17, 15) is 29.7 Å². The first-order chi connectivity index (χ1) is 15.6. The van der Waals surface area contributed by atoms with Crippen molar-refractivity contribution < 1.29 is 39.2 Å². The van der Waals surface area contributed by atoms with Gasteiger partial charge in [-0.15, -0.1) is 0 Å². The number of rotatable bonds is 10. The molecular weight excluding hydrogens is 428 g/mol. The average Bonchev–Trinajstić information content (AvgIpc) is 3.04. The predicted octanol–water partition coefficient (Wildman–Crippen LogP) is 2.42. The Morgan fingerprint density at radius 1 is 1.24 bits per heavy atom. The molecule has 8 nitrogen and oxygen atoms in total. The molecule has 7 atom stereocenters. The van der Waals surface area contributed by atoms with E-state index in [2.05, 4.69) is 6.92 Å². The summed E-state index contributed by atoms with van der Waals surface area (Å²) < 4.78 is 10.7. The molecule has 0 amide bonds. The zero-order chi connectivity index (χ0) is 24.4. The number of aliphatic hydroxyl groups is 3. The normalized spacial score (nSPS) is 35.6. The molecule has 3 rings (SSSR count). The lowest BCUT2D eigenvalue weighted by Crippen LogP contribution is -2.65. The lowest BCUT2D eigenvalue weighted by Gasteiger charge is -2.56. The van der Waals surface area contributed by atoms with E-state index in [0.29, 0.717) is 19.1 Å². The molecule has 0 aromatic heterocycles. The van der Waals surface area contributed by atoms with Crippen LogP contribution in [0.25, 0.3) is 0 Å². The van der Waals surface area contributed by atoms with E-state index >= 15 is 0 Å². The number of unbranched alkanes of at least 4 members (excludes halogenated alkanes) is 5. The third-order valence-corrected chi connectivity index (χ3v) is 7.93. The van der Waals surface area contributed by atoms with Crippen LogP contribution in [0, 0.1) is 22.7 Å². The number of cyclic esters (lactones) is 1. The molecular formula is C25H38O8. The van der Waals surface area contributed by atoms with Crippen molar-refractivity contribution in [2.45, 2.75) is 103 Å². The van der Waals surface area contributed by atoms with Gasteiger partial charge < -0.3 is 24.8 Å². The fraction of sp³-hybridized carbons (Fsp3) is 0.800. The number of aldehydes is 1. The Kier molecular flexibility index (Phi) is 8.02. The topological polar surface area (TPSA) is 130 Å². The van der Waals surface area contributed by atoms with E-state index in [1.54, 1.807) is 6.08 Å². The molecule has 0 unspecified atom stereocenters. The molecule has 0 aromatic carbocycles. The summed E-state index contributed by atoms with van der Waals surface area (Å²) in [4.78, 5) is 37.4. The first kappa shape index (κ1) is 25.8. The summed E-state index contributed by atoms with van der Waals surface area (Å²) in [5, 5.41) is 32.1. The number of ether oxygens (including phenoxy) is 2. The van der Waals surface area contributed by atoms with Crippen LogP contribution in [0.1, 0.15) is 78.6 Å². The largest absolute Gasteiger partial charge is 0.458 e. The molecule has 1 spiro atoms. The molecule has 2 fully saturated rings. The molecule has 2 aliphatic carbocycles. The molecule has 1 saturated carbocycles. The maximum absolute atomic E-state index is 13.1. The van der Waals surface area contributed by atoms with Crippen molar-refractivity contribution in [2.75, 3.05) is 0 Å². The Bertz CT molecular complexity index is 774. The number of carbonyl (C=O) groups is 3. The number of hydrogen-bond acceptors (Lipinski definition) is 8. The minimum Gasteiger partial charge on any atom is -0.458 e. The molecule has 33 heavy (non-hydrogen) atoms. The summed E-state index contributed by atoms with van der Waals surface area (Å²) in [5.74, 6) is -3.07. The lowest BCUT2D eigenvalue weighted by molar-refractivity contribution is -0.211. The van der Waals surface area contributed by atoms with Crippen molar-refractivity contribution in [3.05, 3.63) is 11.6 Å². The van der Waals surface area contributed by atoms with Gasteiger partial charge >= 0.3 is 11.9 Å². The second-order valence-corrected chi connectivity index (χ2v) is 10.5. The van der Waals surface area contributed by atoms with Crippen LogP contribution in [0.5, 0.6) is 0 Å². The van der Waals surface area contributed by atoms with Crippen LogP contribution in [0.3, 0.4) is 0 Å². The standard InChI is InChI=1S/C25H38O8/c1-4-5-6-7-8-9-10-16(27)21(29)32-17-13-24(2,3)18-12-11-15(14-26)19-22(30)33-23(31)25(18,19)20(17)28/h11,14,16-20,22,27-28,30H,4-10,12-13H2,1-3H3/t16-,17+,18-,19-,20+,22+,25-/m1/s1. The number of allylic oxidation sites excluding steroid dienone is 1. The van der Waals surface area contributed by atoms with Crippen molar-refractivity contribution in [1.82, 2.24) is 0 Å².